The largest absolute Gasteiger partial charge is 0.502 e. The van der Waals surface area contributed by atoms with E-state index in [1.165, 1.54) is 12.1 Å². The minimum absolute atomic E-state index is 0.111. The lowest BCUT2D eigenvalue weighted by Crippen LogP contribution is -2.16. The van der Waals surface area contributed by atoms with Crippen LogP contribution in [0.1, 0.15) is 32.6 Å². The molecule has 1 heterocycles. The van der Waals surface area contributed by atoms with Crippen molar-refractivity contribution in [3.63, 3.8) is 0 Å². The third-order valence-corrected chi connectivity index (χ3v) is 3.47. The van der Waals surface area contributed by atoms with Gasteiger partial charge in [-0.05, 0) is 38.3 Å². The number of rotatable bonds is 5. The van der Waals surface area contributed by atoms with E-state index in [4.69, 9.17) is 4.74 Å². The van der Waals surface area contributed by atoms with E-state index >= 15 is 0 Å². The number of hydrogen-bond donors (Lipinski definition) is 2. The smallest absolute Gasteiger partial charge is 0.312 e. The van der Waals surface area contributed by atoms with Crippen LogP contribution in [0.5, 0.6) is 5.75 Å². The maximum atomic E-state index is 11.8. The lowest BCUT2D eigenvalue weighted by molar-refractivity contribution is -0.385. The Labute approximate surface area is 122 Å². The van der Waals surface area contributed by atoms with Crippen LogP contribution >= 0.6 is 0 Å². The van der Waals surface area contributed by atoms with E-state index in [-0.39, 0.29) is 18.1 Å². The molecule has 0 aromatic heterocycles. The predicted molar refractivity (Wildman–Crippen MR) is 76.2 cm³/mol. The molecule has 2 N–H and O–H groups in total. The van der Waals surface area contributed by atoms with Gasteiger partial charge in [0, 0.05) is 18.2 Å². The number of hydrogen-bond acceptors (Lipinski definition) is 5. The molecule has 1 aliphatic rings. The molecule has 0 unspecified atom stereocenters. The molecule has 0 bridgehead atoms. The maximum Gasteiger partial charge on any atom is 0.312 e. The highest BCUT2D eigenvalue weighted by molar-refractivity contribution is 5.91. The van der Waals surface area contributed by atoms with Gasteiger partial charge in [0.05, 0.1) is 17.1 Å². The number of ether oxygens (including phenoxy) is 1. The predicted octanol–water partition coefficient (Wildman–Crippen LogP) is 2.59. The van der Waals surface area contributed by atoms with Gasteiger partial charge in [0.15, 0.2) is 5.75 Å². The maximum absolute atomic E-state index is 11.8. The van der Waals surface area contributed by atoms with Crippen LogP contribution in [0.3, 0.4) is 0 Å². The molecule has 2 atom stereocenters. The van der Waals surface area contributed by atoms with Gasteiger partial charge in [-0.15, -0.1) is 0 Å². The Kier molecular flexibility index (Phi) is 4.74. The van der Waals surface area contributed by atoms with Crippen molar-refractivity contribution in [2.24, 2.45) is 0 Å². The SMILES string of the molecule is C[C@@H]1CC[C@H](CCC(=O)Nc2ccc(O)c([N+](=O)[O-])c2)O1. The van der Waals surface area contributed by atoms with Gasteiger partial charge in [-0.1, -0.05) is 0 Å². The van der Waals surface area contributed by atoms with Gasteiger partial charge in [0.1, 0.15) is 0 Å². The lowest BCUT2D eigenvalue weighted by Gasteiger charge is -2.11. The van der Waals surface area contributed by atoms with Gasteiger partial charge in [0.2, 0.25) is 5.91 Å². The van der Waals surface area contributed by atoms with Crippen molar-refractivity contribution < 1.29 is 19.6 Å². The van der Waals surface area contributed by atoms with Crippen molar-refractivity contribution in [1.29, 1.82) is 0 Å². The van der Waals surface area contributed by atoms with Crippen LogP contribution in [0.2, 0.25) is 0 Å². The normalized spacial score (nSPS) is 21.2. The molecule has 1 aromatic carbocycles. The Hall–Kier alpha value is -2.15. The van der Waals surface area contributed by atoms with Crippen LogP contribution in [0.15, 0.2) is 18.2 Å². The molecule has 1 amide bonds. The fraction of sp³-hybridized carbons (Fsp3) is 0.500. The zero-order chi connectivity index (χ0) is 15.4. The molecule has 7 heteroatoms. The topological polar surface area (TPSA) is 102 Å². The number of nitrogens with one attached hydrogen (secondary N) is 1. The Balaban J connectivity index is 1.87. The van der Waals surface area contributed by atoms with E-state index in [1.54, 1.807) is 0 Å². The Morgan fingerprint density at radius 3 is 2.90 bits per heavy atom. The van der Waals surface area contributed by atoms with Gasteiger partial charge in [0.25, 0.3) is 0 Å². The summed E-state index contributed by atoms with van der Waals surface area (Å²) in [7, 11) is 0. The number of benzene rings is 1. The number of amides is 1. The van der Waals surface area contributed by atoms with Crippen molar-refractivity contribution >= 4 is 17.3 Å². The summed E-state index contributed by atoms with van der Waals surface area (Å²) in [6.07, 6.45) is 3.26. The third-order valence-electron chi connectivity index (χ3n) is 3.47. The molecule has 1 aliphatic heterocycles. The first kappa shape index (κ1) is 15.2. The molecule has 0 radical (unpaired) electrons. The number of aromatic hydroxyl groups is 1. The second-order valence-electron chi connectivity index (χ2n) is 5.19. The highest BCUT2D eigenvalue weighted by atomic mass is 16.6. The van der Waals surface area contributed by atoms with Crippen LogP contribution in [0.25, 0.3) is 0 Å². The van der Waals surface area contributed by atoms with E-state index in [0.29, 0.717) is 18.5 Å². The molecule has 21 heavy (non-hydrogen) atoms. The van der Waals surface area contributed by atoms with E-state index in [9.17, 15) is 20.0 Å². The number of nitro benzene ring substituents is 1. The van der Waals surface area contributed by atoms with Crippen LogP contribution < -0.4 is 5.32 Å². The second-order valence-corrected chi connectivity index (χ2v) is 5.19. The highest BCUT2D eigenvalue weighted by Gasteiger charge is 2.22. The minimum atomic E-state index is -0.696. The van der Waals surface area contributed by atoms with Gasteiger partial charge in [-0.2, -0.15) is 0 Å². The minimum Gasteiger partial charge on any atom is -0.502 e. The summed E-state index contributed by atoms with van der Waals surface area (Å²) in [4.78, 5) is 21.8. The average Bonchev–Trinajstić information content (AvgIpc) is 2.84. The molecule has 7 nitrogen and oxygen atoms in total. The number of nitro groups is 1. The lowest BCUT2D eigenvalue weighted by atomic mass is 10.1. The van der Waals surface area contributed by atoms with Gasteiger partial charge >= 0.3 is 5.69 Å². The van der Waals surface area contributed by atoms with Crippen LogP contribution in [0.4, 0.5) is 11.4 Å². The number of phenols is 1. The van der Waals surface area contributed by atoms with E-state index < -0.39 is 16.4 Å². The first-order chi connectivity index (χ1) is 9.95. The second kappa shape index (κ2) is 6.53. The molecule has 114 valence electrons. The molecule has 1 saturated heterocycles. The molecule has 0 saturated carbocycles. The van der Waals surface area contributed by atoms with Crippen molar-refractivity contribution in [3.8, 4) is 5.75 Å². The highest BCUT2D eigenvalue weighted by Crippen LogP contribution is 2.29. The Bertz CT molecular complexity index is 546. The first-order valence-electron chi connectivity index (χ1n) is 6.88. The quantitative estimate of drug-likeness (QED) is 0.493. The van der Waals surface area contributed by atoms with Crippen molar-refractivity contribution in [2.75, 3.05) is 5.32 Å². The summed E-state index contributed by atoms with van der Waals surface area (Å²) in [5.74, 6) is -0.649. The van der Waals surface area contributed by atoms with Crippen molar-refractivity contribution in [2.45, 2.75) is 44.8 Å². The van der Waals surface area contributed by atoms with Crippen molar-refractivity contribution in [1.82, 2.24) is 0 Å². The number of carbonyl (C=O) groups excluding carboxylic acids is 1. The van der Waals surface area contributed by atoms with E-state index in [0.717, 1.165) is 18.9 Å². The summed E-state index contributed by atoms with van der Waals surface area (Å²) in [6, 6.07) is 3.76. The standard InChI is InChI=1S/C14H18N2O5/c1-9-2-4-11(21-9)5-7-14(18)15-10-3-6-13(17)12(8-10)16(19)20/h3,6,8-9,11,17H,2,4-5,7H2,1H3,(H,15,18)/t9-,11-/m1/s1. The molecule has 2 rings (SSSR count). The number of anilines is 1. The van der Waals surface area contributed by atoms with Gasteiger partial charge < -0.3 is 15.2 Å². The van der Waals surface area contributed by atoms with Crippen LogP contribution in [-0.4, -0.2) is 28.1 Å². The van der Waals surface area contributed by atoms with Crippen LogP contribution in [-0.2, 0) is 9.53 Å². The van der Waals surface area contributed by atoms with Gasteiger partial charge in [-0.25, -0.2) is 0 Å². The number of phenolic OH excluding ortho intramolecular Hbond substituents is 1. The van der Waals surface area contributed by atoms with E-state index in [1.807, 2.05) is 6.92 Å². The zero-order valence-corrected chi connectivity index (χ0v) is 11.7. The summed E-state index contributed by atoms with van der Waals surface area (Å²) in [5, 5.41) is 22.6. The fourth-order valence-corrected chi connectivity index (χ4v) is 2.36. The monoisotopic (exact) mass is 294 g/mol. The first-order valence-corrected chi connectivity index (χ1v) is 6.88. The summed E-state index contributed by atoms with van der Waals surface area (Å²) < 4.78 is 5.63. The Morgan fingerprint density at radius 1 is 1.52 bits per heavy atom. The average molecular weight is 294 g/mol. The number of nitrogens with zero attached hydrogens (tertiary/aromatic N) is 1. The molecule has 1 aromatic rings. The molecule has 0 spiro atoms. The molecule has 0 aliphatic carbocycles. The van der Waals surface area contributed by atoms with Crippen molar-refractivity contribution in [3.05, 3.63) is 28.3 Å². The Morgan fingerprint density at radius 2 is 2.29 bits per heavy atom. The van der Waals surface area contributed by atoms with E-state index in [2.05, 4.69) is 5.32 Å². The molecular weight excluding hydrogens is 276 g/mol. The molecular formula is C14H18N2O5. The third kappa shape index (κ3) is 4.16. The summed E-state index contributed by atoms with van der Waals surface area (Å²) >= 11 is 0. The van der Waals surface area contributed by atoms with Crippen LogP contribution in [0, 0.1) is 10.1 Å². The van der Waals surface area contributed by atoms with Gasteiger partial charge in [-0.3, -0.25) is 14.9 Å². The summed E-state index contributed by atoms with van der Waals surface area (Å²) in [6.45, 7) is 2.01. The zero-order valence-electron chi connectivity index (χ0n) is 11.7. The summed E-state index contributed by atoms with van der Waals surface area (Å²) in [5.41, 5.74) is -0.133. The fourth-order valence-electron chi connectivity index (χ4n) is 2.36. The number of carbonyl (C=O) groups is 1. The molecule has 1 fully saturated rings.